The molecule has 7 heteroatoms. The third-order valence-electron chi connectivity index (χ3n) is 2.59. The summed E-state index contributed by atoms with van der Waals surface area (Å²) in [7, 11) is 4.88. The van der Waals surface area contributed by atoms with Gasteiger partial charge in [0.1, 0.15) is 5.69 Å². The summed E-state index contributed by atoms with van der Waals surface area (Å²) in [6.45, 7) is 1.91. The normalized spacial score (nSPS) is 10.6. The van der Waals surface area contributed by atoms with Crippen LogP contribution in [0.1, 0.15) is 10.5 Å². The SMILES string of the molecule is COCCN(CCOC)C(=O)c1c(N)cnn1C. The van der Waals surface area contributed by atoms with Crippen LogP contribution in [0.5, 0.6) is 0 Å². The second-order valence-electron chi connectivity index (χ2n) is 3.85. The minimum Gasteiger partial charge on any atom is -0.396 e. The first-order valence-corrected chi connectivity index (χ1v) is 5.66. The summed E-state index contributed by atoms with van der Waals surface area (Å²) >= 11 is 0. The summed E-state index contributed by atoms with van der Waals surface area (Å²) in [5.41, 5.74) is 6.51. The maximum atomic E-state index is 12.3. The zero-order valence-electron chi connectivity index (χ0n) is 11.0. The standard InChI is InChI=1S/C11H20N4O3/c1-14-10(9(12)8-13-14)11(16)15(4-6-17-2)5-7-18-3/h8H,4-7,12H2,1-3H3. The minimum absolute atomic E-state index is 0.165. The number of aromatic nitrogens is 2. The highest BCUT2D eigenvalue weighted by atomic mass is 16.5. The molecule has 0 atom stereocenters. The van der Waals surface area contributed by atoms with Crippen molar-refractivity contribution in [1.29, 1.82) is 0 Å². The predicted octanol–water partition coefficient (Wildman–Crippen LogP) is -0.263. The fourth-order valence-corrected chi connectivity index (χ4v) is 1.58. The fourth-order valence-electron chi connectivity index (χ4n) is 1.58. The average Bonchev–Trinajstić information content (AvgIpc) is 2.68. The van der Waals surface area contributed by atoms with Crippen molar-refractivity contribution in [2.24, 2.45) is 7.05 Å². The fraction of sp³-hybridized carbons (Fsp3) is 0.636. The quantitative estimate of drug-likeness (QED) is 0.726. The molecule has 1 aromatic heterocycles. The van der Waals surface area contributed by atoms with Crippen molar-refractivity contribution < 1.29 is 14.3 Å². The number of nitrogen functional groups attached to an aromatic ring is 1. The lowest BCUT2D eigenvalue weighted by atomic mass is 10.3. The van der Waals surface area contributed by atoms with Crippen molar-refractivity contribution in [3.8, 4) is 0 Å². The van der Waals surface area contributed by atoms with E-state index < -0.39 is 0 Å². The molecular formula is C11H20N4O3. The number of methoxy groups -OCH3 is 2. The number of hydrogen-bond acceptors (Lipinski definition) is 5. The van der Waals surface area contributed by atoms with Crippen LogP contribution >= 0.6 is 0 Å². The second kappa shape index (κ2) is 6.97. The molecule has 0 saturated heterocycles. The Morgan fingerprint density at radius 1 is 1.39 bits per heavy atom. The molecule has 0 aliphatic carbocycles. The number of anilines is 1. The monoisotopic (exact) mass is 256 g/mol. The zero-order chi connectivity index (χ0) is 13.5. The van der Waals surface area contributed by atoms with E-state index in [0.29, 0.717) is 37.7 Å². The lowest BCUT2D eigenvalue weighted by Gasteiger charge is -2.22. The molecule has 0 unspecified atom stereocenters. The van der Waals surface area contributed by atoms with Crippen LogP contribution in [0.2, 0.25) is 0 Å². The van der Waals surface area contributed by atoms with Crippen LogP contribution in [0.15, 0.2) is 6.20 Å². The summed E-state index contributed by atoms with van der Waals surface area (Å²) in [5.74, 6) is -0.165. The highest BCUT2D eigenvalue weighted by molar-refractivity contribution is 5.97. The van der Waals surface area contributed by atoms with Crippen molar-refractivity contribution in [1.82, 2.24) is 14.7 Å². The second-order valence-corrected chi connectivity index (χ2v) is 3.85. The van der Waals surface area contributed by atoms with Crippen molar-refractivity contribution >= 4 is 11.6 Å². The van der Waals surface area contributed by atoms with Crippen LogP contribution in [0.3, 0.4) is 0 Å². The van der Waals surface area contributed by atoms with E-state index >= 15 is 0 Å². The van der Waals surface area contributed by atoms with Crippen LogP contribution < -0.4 is 5.73 Å². The van der Waals surface area contributed by atoms with Crippen LogP contribution in [-0.4, -0.2) is 61.1 Å². The van der Waals surface area contributed by atoms with Gasteiger partial charge in [-0.2, -0.15) is 5.10 Å². The molecule has 7 nitrogen and oxygen atoms in total. The molecule has 18 heavy (non-hydrogen) atoms. The molecule has 0 aromatic carbocycles. The molecule has 1 rings (SSSR count). The third kappa shape index (κ3) is 3.44. The highest BCUT2D eigenvalue weighted by Crippen LogP contribution is 2.12. The number of carbonyl (C=O) groups is 1. The average molecular weight is 256 g/mol. The summed E-state index contributed by atoms with van der Waals surface area (Å²) < 4.78 is 11.5. The Morgan fingerprint density at radius 2 is 1.94 bits per heavy atom. The minimum atomic E-state index is -0.165. The van der Waals surface area contributed by atoms with Crippen LogP contribution in [0.4, 0.5) is 5.69 Å². The Bertz CT molecular complexity index is 364. The van der Waals surface area contributed by atoms with Crippen molar-refractivity contribution in [3.05, 3.63) is 11.9 Å². The van der Waals surface area contributed by atoms with E-state index in [1.165, 1.54) is 10.9 Å². The van der Waals surface area contributed by atoms with E-state index in [1.807, 2.05) is 0 Å². The number of amides is 1. The molecule has 0 bridgehead atoms. The van der Waals surface area contributed by atoms with Crippen LogP contribution in [-0.2, 0) is 16.5 Å². The Morgan fingerprint density at radius 3 is 2.33 bits per heavy atom. The van der Waals surface area contributed by atoms with Gasteiger partial charge in [0.2, 0.25) is 0 Å². The van der Waals surface area contributed by atoms with Gasteiger partial charge in [0.05, 0.1) is 25.1 Å². The molecule has 0 aliphatic heterocycles. The highest BCUT2D eigenvalue weighted by Gasteiger charge is 2.21. The van der Waals surface area contributed by atoms with Gasteiger partial charge in [-0.1, -0.05) is 0 Å². The topological polar surface area (TPSA) is 82.6 Å². The number of hydrogen-bond donors (Lipinski definition) is 1. The molecule has 102 valence electrons. The van der Waals surface area contributed by atoms with Gasteiger partial charge in [-0.15, -0.1) is 0 Å². The van der Waals surface area contributed by atoms with Gasteiger partial charge in [-0.05, 0) is 0 Å². The molecule has 0 saturated carbocycles. The maximum absolute atomic E-state index is 12.3. The summed E-state index contributed by atoms with van der Waals surface area (Å²) in [5, 5.41) is 3.96. The summed E-state index contributed by atoms with van der Waals surface area (Å²) in [6, 6.07) is 0. The predicted molar refractivity (Wildman–Crippen MR) is 67.3 cm³/mol. The van der Waals surface area contributed by atoms with E-state index in [-0.39, 0.29) is 5.91 Å². The van der Waals surface area contributed by atoms with E-state index in [0.717, 1.165) is 0 Å². The number of rotatable bonds is 7. The van der Waals surface area contributed by atoms with Gasteiger partial charge < -0.3 is 20.1 Å². The molecule has 0 fully saturated rings. The Hall–Kier alpha value is -1.60. The number of ether oxygens (including phenoxy) is 2. The molecule has 0 radical (unpaired) electrons. The summed E-state index contributed by atoms with van der Waals surface area (Å²) in [6.07, 6.45) is 1.47. The molecule has 0 aliphatic rings. The first kappa shape index (κ1) is 14.5. The van der Waals surface area contributed by atoms with Crippen molar-refractivity contribution in [2.45, 2.75) is 0 Å². The Labute approximate surface area is 106 Å². The molecule has 1 aromatic rings. The van der Waals surface area contributed by atoms with Gasteiger partial charge >= 0.3 is 0 Å². The van der Waals surface area contributed by atoms with E-state index in [4.69, 9.17) is 15.2 Å². The molecule has 2 N–H and O–H groups in total. The largest absolute Gasteiger partial charge is 0.396 e. The lowest BCUT2D eigenvalue weighted by Crippen LogP contribution is -2.37. The van der Waals surface area contributed by atoms with Crippen LogP contribution in [0.25, 0.3) is 0 Å². The van der Waals surface area contributed by atoms with Gasteiger partial charge in [-0.3, -0.25) is 9.48 Å². The molecule has 1 amide bonds. The lowest BCUT2D eigenvalue weighted by molar-refractivity contribution is 0.0618. The van der Waals surface area contributed by atoms with Gasteiger partial charge in [0.25, 0.3) is 5.91 Å². The van der Waals surface area contributed by atoms with Gasteiger partial charge in [0.15, 0.2) is 0 Å². The number of carbonyl (C=O) groups excluding carboxylic acids is 1. The van der Waals surface area contributed by atoms with E-state index in [1.54, 1.807) is 26.2 Å². The number of nitrogens with zero attached hydrogens (tertiary/aromatic N) is 3. The first-order chi connectivity index (χ1) is 8.61. The van der Waals surface area contributed by atoms with Crippen LogP contribution in [0, 0.1) is 0 Å². The Balaban J connectivity index is 2.80. The zero-order valence-corrected chi connectivity index (χ0v) is 11.0. The molecule has 1 heterocycles. The molecular weight excluding hydrogens is 236 g/mol. The summed E-state index contributed by atoms with van der Waals surface area (Å²) in [4.78, 5) is 14.0. The van der Waals surface area contributed by atoms with E-state index in [2.05, 4.69) is 5.10 Å². The van der Waals surface area contributed by atoms with Gasteiger partial charge in [-0.25, -0.2) is 0 Å². The number of nitrogens with two attached hydrogens (primary N) is 1. The number of aryl methyl sites for hydroxylation is 1. The van der Waals surface area contributed by atoms with Crippen molar-refractivity contribution in [2.75, 3.05) is 46.3 Å². The molecule has 0 spiro atoms. The van der Waals surface area contributed by atoms with Gasteiger partial charge in [0, 0.05) is 34.4 Å². The maximum Gasteiger partial charge on any atom is 0.274 e. The van der Waals surface area contributed by atoms with E-state index in [9.17, 15) is 4.79 Å². The first-order valence-electron chi connectivity index (χ1n) is 5.66. The third-order valence-corrected chi connectivity index (χ3v) is 2.59. The smallest absolute Gasteiger partial charge is 0.274 e. The van der Waals surface area contributed by atoms with Crippen molar-refractivity contribution in [3.63, 3.8) is 0 Å². The Kier molecular flexibility index (Phi) is 5.60.